The number of alkyl halides is 1. The minimum Gasteiger partial charge on any atom is -0.0928 e. The predicted molar refractivity (Wildman–Crippen MR) is 35.8 cm³/mol. The van der Waals surface area contributed by atoms with E-state index < -0.39 is 0 Å². The van der Waals surface area contributed by atoms with Gasteiger partial charge in [-0.05, 0) is 24.7 Å². The molecule has 0 nitrogen and oxygen atoms in total. The quantitative estimate of drug-likeness (QED) is 0.549. The number of hydrogen-bond donors (Lipinski definition) is 0. The van der Waals surface area contributed by atoms with E-state index in [1.807, 2.05) is 0 Å². The molecule has 1 saturated carbocycles. The van der Waals surface area contributed by atoms with E-state index in [1.165, 1.54) is 24.6 Å². The van der Waals surface area contributed by atoms with Crippen LogP contribution in [-0.4, -0.2) is 5.33 Å². The summed E-state index contributed by atoms with van der Waals surface area (Å²) in [4.78, 5) is 0. The summed E-state index contributed by atoms with van der Waals surface area (Å²) in [5.74, 6) is 0. The minimum absolute atomic E-state index is 0.753. The van der Waals surface area contributed by atoms with Crippen LogP contribution in [0.2, 0.25) is 0 Å². The third-order valence-corrected chi connectivity index (χ3v) is 2.20. The maximum Gasteiger partial charge on any atom is 0.00364 e. The van der Waals surface area contributed by atoms with Gasteiger partial charge in [0.1, 0.15) is 0 Å². The van der Waals surface area contributed by atoms with Crippen LogP contribution in [0.15, 0.2) is 0 Å². The lowest BCUT2D eigenvalue weighted by Gasteiger charge is -2.00. The Balaban J connectivity index is 2.13. The highest BCUT2D eigenvalue weighted by Crippen LogP contribution is 2.48. The molecular weight excluding hydrogens is 152 g/mol. The predicted octanol–water partition coefficient (Wildman–Crippen LogP) is 2.57. The molecule has 7 heavy (non-hydrogen) atoms. The maximum atomic E-state index is 3.43. The molecule has 0 unspecified atom stereocenters. The first-order valence-corrected chi connectivity index (χ1v) is 3.95. The fourth-order valence-electron chi connectivity index (χ4n) is 0.692. The van der Waals surface area contributed by atoms with Crippen molar-refractivity contribution in [1.82, 2.24) is 0 Å². The Hall–Kier alpha value is 0.480. The van der Waals surface area contributed by atoms with Crippen LogP contribution in [0.25, 0.3) is 0 Å². The lowest BCUT2D eigenvalue weighted by Crippen LogP contribution is -1.91. The van der Waals surface area contributed by atoms with Gasteiger partial charge in [-0.25, -0.2) is 0 Å². The van der Waals surface area contributed by atoms with Gasteiger partial charge in [0.05, 0.1) is 0 Å². The number of hydrogen-bond acceptors (Lipinski definition) is 0. The molecule has 1 aliphatic carbocycles. The number of halogens is 1. The molecule has 0 bridgehead atoms. The van der Waals surface area contributed by atoms with Gasteiger partial charge in [-0.1, -0.05) is 22.9 Å². The van der Waals surface area contributed by atoms with E-state index in [2.05, 4.69) is 22.9 Å². The van der Waals surface area contributed by atoms with Gasteiger partial charge in [0.15, 0.2) is 0 Å². The van der Waals surface area contributed by atoms with E-state index in [-0.39, 0.29) is 0 Å². The van der Waals surface area contributed by atoms with Gasteiger partial charge < -0.3 is 0 Å². The molecule has 1 rings (SSSR count). The van der Waals surface area contributed by atoms with Crippen molar-refractivity contribution < 1.29 is 0 Å². The first-order chi connectivity index (χ1) is 3.27. The van der Waals surface area contributed by atoms with Crippen molar-refractivity contribution in [3.05, 3.63) is 0 Å². The lowest BCUT2D eigenvalue weighted by atomic mass is 10.1. The first kappa shape index (κ1) is 5.61. The van der Waals surface area contributed by atoms with E-state index >= 15 is 0 Å². The average molecular weight is 163 g/mol. The molecule has 0 radical (unpaired) electrons. The second kappa shape index (κ2) is 1.77. The molecule has 42 valence electrons. The number of rotatable bonds is 2. The summed E-state index contributed by atoms with van der Waals surface area (Å²) in [5.41, 5.74) is 0.753. The van der Waals surface area contributed by atoms with Crippen molar-refractivity contribution >= 4 is 15.9 Å². The standard InChI is InChI=1S/C6H11Br/c1-6(2-3-6)4-5-7/h2-5H2,1H3. The highest BCUT2D eigenvalue weighted by atomic mass is 79.9. The Morgan fingerprint density at radius 1 is 1.57 bits per heavy atom. The SMILES string of the molecule is CC1(CCBr)CC1. The van der Waals surface area contributed by atoms with Crippen LogP contribution in [0.1, 0.15) is 26.2 Å². The molecule has 0 aromatic heterocycles. The Bertz CT molecular complexity index is 64.6. The molecular formula is C6H11Br. The molecule has 0 amide bonds. The zero-order valence-corrected chi connectivity index (χ0v) is 6.29. The van der Waals surface area contributed by atoms with Gasteiger partial charge in [-0.3, -0.25) is 0 Å². The summed E-state index contributed by atoms with van der Waals surface area (Å²) in [6, 6.07) is 0. The normalized spacial score (nSPS) is 24.9. The molecule has 1 fully saturated rings. The molecule has 1 heteroatoms. The largest absolute Gasteiger partial charge is 0.0928 e. The molecule has 0 saturated heterocycles. The summed E-state index contributed by atoms with van der Waals surface area (Å²) in [5, 5.41) is 1.18. The van der Waals surface area contributed by atoms with Crippen LogP contribution in [-0.2, 0) is 0 Å². The zero-order chi connectivity index (χ0) is 5.33. The van der Waals surface area contributed by atoms with Crippen LogP contribution in [0.3, 0.4) is 0 Å². The van der Waals surface area contributed by atoms with Crippen LogP contribution in [0.4, 0.5) is 0 Å². The summed E-state index contributed by atoms with van der Waals surface area (Å²) < 4.78 is 0. The Morgan fingerprint density at radius 2 is 2.14 bits per heavy atom. The van der Waals surface area contributed by atoms with Crippen LogP contribution in [0.5, 0.6) is 0 Å². The summed E-state index contributed by atoms with van der Waals surface area (Å²) >= 11 is 3.43. The van der Waals surface area contributed by atoms with Gasteiger partial charge in [0.2, 0.25) is 0 Å². The lowest BCUT2D eigenvalue weighted by molar-refractivity contribution is 0.558. The van der Waals surface area contributed by atoms with Gasteiger partial charge in [0.25, 0.3) is 0 Å². The average Bonchev–Trinajstić information content (AvgIpc) is 2.22. The van der Waals surface area contributed by atoms with Crippen molar-refractivity contribution in [2.45, 2.75) is 26.2 Å². The fourth-order valence-corrected chi connectivity index (χ4v) is 1.65. The zero-order valence-electron chi connectivity index (χ0n) is 4.71. The van der Waals surface area contributed by atoms with E-state index in [4.69, 9.17) is 0 Å². The van der Waals surface area contributed by atoms with Crippen molar-refractivity contribution in [2.75, 3.05) is 5.33 Å². The summed E-state index contributed by atoms with van der Waals surface area (Å²) in [7, 11) is 0. The van der Waals surface area contributed by atoms with Crippen molar-refractivity contribution in [3.8, 4) is 0 Å². The third kappa shape index (κ3) is 1.45. The monoisotopic (exact) mass is 162 g/mol. The van der Waals surface area contributed by atoms with E-state index in [0.29, 0.717) is 0 Å². The maximum absolute atomic E-state index is 3.43. The van der Waals surface area contributed by atoms with E-state index in [0.717, 1.165) is 5.41 Å². The molecule has 0 atom stereocenters. The van der Waals surface area contributed by atoms with Crippen LogP contribution in [0, 0.1) is 5.41 Å². The van der Waals surface area contributed by atoms with Crippen LogP contribution < -0.4 is 0 Å². The Labute approximate surface area is 53.4 Å². The highest BCUT2D eigenvalue weighted by Gasteiger charge is 2.35. The topological polar surface area (TPSA) is 0 Å². The molecule has 0 aromatic rings. The van der Waals surface area contributed by atoms with Crippen molar-refractivity contribution in [3.63, 3.8) is 0 Å². The molecule has 0 spiro atoms. The second-order valence-electron chi connectivity index (χ2n) is 2.75. The van der Waals surface area contributed by atoms with Gasteiger partial charge in [0, 0.05) is 5.33 Å². The first-order valence-electron chi connectivity index (χ1n) is 2.83. The second-order valence-corrected chi connectivity index (χ2v) is 3.54. The highest BCUT2D eigenvalue weighted by molar-refractivity contribution is 9.09. The molecule has 0 heterocycles. The minimum atomic E-state index is 0.753. The van der Waals surface area contributed by atoms with Gasteiger partial charge in [-0.15, -0.1) is 0 Å². The van der Waals surface area contributed by atoms with E-state index in [9.17, 15) is 0 Å². The van der Waals surface area contributed by atoms with E-state index in [1.54, 1.807) is 0 Å². The van der Waals surface area contributed by atoms with Gasteiger partial charge in [-0.2, -0.15) is 0 Å². The van der Waals surface area contributed by atoms with Crippen molar-refractivity contribution in [2.24, 2.45) is 5.41 Å². The molecule has 0 aromatic carbocycles. The Kier molecular flexibility index (Phi) is 1.42. The Morgan fingerprint density at radius 3 is 2.29 bits per heavy atom. The summed E-state index contributed by atoms with van der Waals surface area (Å²) in [6.45, 7) is 2.36. The smallest absolute Gasteiger partial charge is 0.00364 e. The molecule has 1 aliphatic rings. The molecule has 0 aliphatic heterocycles. The fraction of sp³-hybridized carbons (Fsp3) is 1.00. The van der Waals surface area contributed by atoms with Crippen LogP contribution >= 0.6 is 15.9 Å². The summed E-state index contributed by atoms with van der Waals surface area (Å²) in [6.07, 6.45) is 4.28. The third-order valence-electron chi connectivity index (χ3n) is 1.80. The van der Waals surface area contributed by atoms with Crippen molar-refractivity contribution in [1.29, 1.82) is 0 Å². The van der Waals surface area contributed by atoms with Gasteiger partial charge >= 0.3 is 0 Å². The molecule has 0 N–H and O–H groups in total.